The minimum absolute atomic E-state index is 0.0965. The van der Waals surface area contributed by atoms with Crippen LogP contribution in [-0.4, -0.2) is 17.5 Å². The number of rotatable bonds is 65. The molecule has 0 N–H and O–H groups in total. The first-order valence-electron chi connectivity index (χ1n) is 48.0. The second kappa shape index (κ2) is 49.5. The van der Waals surface area contributed by atoms with Crippen LogP contribution in [0, 0.1) is 13.8 Å². The maximum atomic E-state index is 5.65. The van der Waals surface area contributed by atoms with E-state index in [1.807, 2.05) is 11.3 Å². The van der Waals surface area contributed by atoms with Crippen molar-refractivity contribution in [3.63, 3.8) is 0 Å². The van der Waals surface area contributed by atoms with Crippen molar-refractivity contribution in [2.75, 3.05) is 0 Å². The van der Waals surface area contributed by atoms with Crippen LogP contribution in [0.25, 0.3) is 70.1 Å². The Morgan fingerprint density at radius 1 is 0.264 bits per heavy atom. The van der Waals surface area contributed by atoms with Gasteiger partial charge in [-0.2, -0.15) is 17.5 Å². The number of aryl methyl sites for hydroxylation is 2. The number of hydrogen-bond donors (Lipinski definition) is 0. The summed E-state index contributed by atoms with van der Waals surface area (Å²) in [4.78, 5) is 5.81. The molecule has 0 saturated heterocycles. The van der Waals surface area contributed by atoms with Crippen molar-refractivity contribution in [3.05, 3.63) is 85.8 Å². The molecule has 8 heteroatoms. The monoisotopic (exact) mass is 1570 g/mol. The first-order valence-corrected chi connectivity index (χ1v) is 51.1. The smallest absolute Gasteiger partial charge is 0.114 e. The molecular weight excluding hydrogens is 1410 g/mol. The van der Waals surface area contributed by atoms with Crippen LogP contribution in [0.4, 0.5) is 0 Å². The van der Waals surface area contributed by atoms with Gasteiger partial charge in [0.15, 0.2) is 0 Å². The van der Waals surface area contributed by atoms with Gasteiger partial charge in [0.2, 0.25) is 0 Å². The molecule has 7 aromatic rings. The van der Waals surface area contributed by atoms with E-state index < -0.39 is 0 Å². The molecule has 0 amide bonds. The van der Waals surface area contributed by atoms with Crippen LogP contribution < -0.4 is 0 Å². The van der Waals surface area contributed by atoms with Crippen molar-refractivity contribution in [1.82, 2.24) is 17.5 Å². The van der Waals surface area contributed by atoms with Gasteiger partial charge >= 0.3 is 0 Å². The highest BCUT2D eigenvalue weighted by atomic mass is 32.1. The Bertz CT molecular complexity index is 3700. The number of benzene rings is 3. The lowest BCUT2D eigenvalue weighted by Crippen LogP contribution is -2.27. The molecule has 3 aliphatic carbocycles. The predicted octanol–water partition coefficient (Wildman–Crippen LogP) is 36.5. The van der Waals surface area contributed by atoms with E-state index in [-0.39, 0.29) is 10.8 Å². The molecule has 3 aliphatic rings. The Kier molecular flexibility index (Phi) is 40.0. The summed E-state index contributed by atoms with van der Waals surface area (Å²) in [5.41, 5.74) is 25.5. The van der Waals surface area contributed by atoms with Crippen LogP contribution in [0.1, 0.15) is 496 Å². The fourth-order valence-corrected chi connectivity index (χ4v) is 24.2. The molecule has 3 aromatic carbocycles. The highest BCUT2D eigenvalue weighted by Gasteiger charge is 2.50. The Morgan fingerprint density at radius 3 is 0.891 bits per heavy atom. The first kappa shape index (κ1) is 88.8. The summed E-state index contributed by atoms with van der Waals surface area (Å²) in [6, 6.07) is 16.4. The first-order chi connectivity index (χ1) is 54.3. The van der Waals surface area contributed by atoms with Gasteiger partial charge in [-0.25, -0.2) is 0 Å². The van der Waals surface area contributed by atoms with Gasteiger partial charge in [0.05, 0.1) is 33.2 Å². The highest BCUT2D eigenvalue weighted by Crippen LogP contribution is 2.64. The number of allylic oxidation sites excluding steroid dienone is 1. The molecule has 10 rings (SSSR count). The van der Waals surface area contributed by atoms with E-state index in [1.54, 1.807) is 33.4 Å². The van der Waals surface area contributed by atoms with Gasteiger partial charge < -0.3 is 0 Å². The van der Waals surface area contributed by atoms with Gasteiger partial charge in [0.1, 0.15) is 22.1 Å². The van der Waals surface area contributed by atoms with Crippen LogP contribution in [-0.2, 0) is 10.8 Å². The summed E-state index contributed by atoms with van der Waals surface area (Å²) < 4.78 is 21.8. The molecule has 0 spiro atoms. The fourth-order valence-electron chi connectivity index (χ4n) is 20.7. The standard InChI is InChI=1S/C102H158N4S4/c1-9-15-19-23-27-31-35-39-43-47-51-55-59-63-69-101(70-64-60-56-52-48-44-40-36-32-28-24-20-16-10-2)87-76-83-88(75-82(87)93-89(101)73-79(7)95-97(93)105-109-103-95)102(71-65-61-57-53-49-45-41-37-33-29-25-21-17-11-3,72-66-62-58-54-50-46-42-38-34-30-26-22-18-12-4)90-77-84(96-98(94(83)90)106-110-104-96)91-78-86-92(81(67-13-5)68-14-6)85-74-80(8)107-99(85)100(86)108-91/h73-78H,9-72H2,1-8H3. The van der Waals surface area contributed by atoms with Crippen molar-refractivity contribution in [1.29, 1.82) is 0 Å². The summed E-state index contributed by atoms with van der Waals surface area (Å²) in [5.74, 6) is 0. The molecule has 4 heterocycles. The van der Waals surface area contributed by atoms with Gasteiger partial charge in [-0.3, -0.25) is 0 Å². The highest BCUT2D eigenvalue weighted by molar-refractivity contribution is 7.24. The summed E-state index contributed by atoms with van der Waals surface area (Å²) in [5, 5.41) is 0. The van der Waals surface area contributed by atoms with Crippen LogP contribution in [0.15, 0.2) is 42.0 Å². The van der Waals surface area contributed by atoms with Crippen molar-refractivity contribution in [2.24, 2.45) is 0 Å². The second-order valence-electron chi connectivity index (χ2n) is 35.8. The van der Waals surface area contributed by atoms with E-state index in [1.165, 1.54) is 509 Å². The summed E-state index contributed by atoms with van der Waals surface area (Å²) in [6.45, 7) is 18.8. The molecule has 0 fully saturated rings. The van der Waals surface area contributed by atoms with E-state index in [2.05, 4.69) is 103 Å². The van der Waals surface area contributed by atoms with Crippen LogP contribution in [0.3, 0.4) is 0 Å². The molecule has 4 nitrogen and oxygen atoms in total. The van der Waals surface area contributed by atoms with Crippen molar-refractivity contribution >= 4 is 73.8 Å². The Morgan fingerprint density at radius 2 is 0.545 bits per heavy atom. The van der Waals surface area contributed by atoms with Crippen molar-refractivity contribution in [2.45, 2.75) is 477 Å². The van der Waals surface area contributed by atoms with Gasteiger partial charge in [0, 0.05) is 48.4 Å². The van der Waals surface area contributed by atoms with E-state index in [0.717, 1.165) is 11.0 Å². The maximum absolute atomic E-state index is 5.65. The fraction of sp³-hybridized carbons (Fsp3) is 0.725. The Balaban J connectivity index is 1.02. The quantitative estimate of drug-likeness (QED) is 0.0357. The average molecular weight is 1570 g/mol. The van der Waals surface area contributed by atoms with E-state index in [9.17, 15) is 0 Å². The van der Waals surface area contributed by atoms with Crippen LogP contribution >= 0.6 is 46.1 Å². The van der Waals surface area contributed by atoms with Crippen LogP contribution in [0.2, 0.25) is 0 Å². The zero-order valence-corrected chi connectivity index (χ0v) is 75.4. The maximum Gasteiger partial charge on any atom is 0.114 e. The number of fused-ring (bicyclic) bond motifs is 13. The zero-order chi connectivity index (χ0) is 76.9. The van der Waals surface area contributed by atoms with Crippen molar-refractivity contribution in [3.8, 4) is 42.4 Å². The lowest BCUT2D eigenvalue weighted by atomic mass is 9.68. The second-order valence-corrected chi connectivity index (χ2v) is 39.2. The normalized spacial score (nSPS) is 13.7. The number of hydrogen-bond acceptors (Lipinski definition) is 8. The molecule has 0 bridgehead atoms. The minimum Gasteiger partial charge on any atom is -0.173 e. The van der Waals surface area contributed by atoms with Gasteiger partial charge in [-0.1, -0.05) is 426 Å². The third kappa shape index (κ3) is 24.3. The Hall–Kier alpha value is -3.56. The Labute approximate surface area is 691 Å². The summed E-state index contributed by atoms with van der Waals surface area (Å²) >= 11 is 7.02. The SMILES string of the molecule is CCCCCCCCCCCCCCCCC1(CCCCCCCCCCCCCCCC)c2cc3c(cc2-c2c1cc(C)c1nsnc21)C(CCCCCCCCCCCCCCCC)(CCCCCCCCCCCCCCCC)c1cc(-c2cc4c(s2)-c2sc(C)cc2C4=C(CCC)CCC)c2nsnc2c1-3. The summed E-state index contributed by atoms with van der Waals surface area (Å²) in [7, 11) is 0. The van der Waals surface area contributed by atoms with Gasteiger partial charge in [0.25, 0.3) is 0 Å². The van der Waals surface area contributed by atoms with Crippen LogP contribution in [0.5, 0.6) is 0 Å². The lowest BCUT2D eigenvalue weighted by molar-refractivity contribution is 0.393. The average Bonchev–Trinajstić information content (AvgIpc) is 1.52. The number of aromatic nitrogens is 4. The molecule has 0 aliphatic heterocycles. The van der Waals surface area contributed by atoms with Crippen molar-refractivity contribution < 1.29 is 0 Å². The third-order valence-electron chi connectivity index (χ3n) is 26.9. The van der Waals surface area contributed by atoms with E-state index in [4.69, 9.17) is 17.5 Å². The zero-order valence-electron chi connectivity index (χ0n) is 72.1. The molecule has 0 atom stereocenters. The lowest BCUT2D eigenvalue weighted by Gasteiger charge is -2.35. The summed E-state index contributed by atoms with van der Waals surface area (Å²) in [6.07, 6.45) is 87.2. The molecular formula is C102H158N4S4. The molecule has 110 heavy (non-hydrogen) atoms. The minimum atomic E-state index is -0.155. The topological polar surface area (TPSA) is 51.6 Å². The van der Waals surface area contributed by atoms with E-state index >= 15 is 0 Å². The third-order valence-corrected chi connectivity index (χ3v) is 30.3. The largest absolute Gasteiger partial charge is 0.173 e. The van der Waals surface area contributed by atoms with E-state index in [0.29, 0.717) is 0 Å². The number of thiophene rings is 2. The van der Waals surface area contributed by atoms with Gasteiger partial charge in [-0.05, 0) is 127 Å². The molecule has 0 radical (unpaired) electrons. The predicted molar refractivity (Wildman–Crippen MR) is 492 cm³/mol. The number of nitrogens with zero attached hydrogens (tertiary/aromatic N) is 4. The molecule has 610 valence electrons. The van der Waals surface area contributed by atoms with Gasteiger partial charge in [-0.15, -0.1) is 22.7 Å². The molecule has 0 saturated carbocycles. The molecule has 4 aromatic heterocycles. The molecule has 0 unspecified atom stereocenters. The number of unbranched alkanes of at least 4 members (excludes halogenated alkanes) is 52.